The Hall–Kier alpha value is -2.87. The van der Waals surface area contributed by atoms with E-state index in [1.54, 1.807) is 43.9 Å². The lowest BCUT2D eigenvalue weighted by Crippen LogP contribution is -2.08. The second-order valence-electron chi connectivity index (χ2n) is 4.83. The largest absolute Gasteiger partial charge is 0.497 e. The molecular formula is C17H18N2O5S. The van der Waals surface area contributed by atoms with Gasteiger partial charge in [-0.2, -0.15) is 0 Å². The van der Waals surface area contributed by atoms with Crippen LogP contribution in [0.15, 0.2) is 29.7 Å². The number of hydrogen-bond acceptors (Lipinski definition) is 7. The van der Waals surface area contributed by atoms with Gasteiger partial charge >= 0.3 is 5.97 Å². The maximum Gasteiger partial charge on any atom is 0.311 e. The molecule has 7 nitrogen and oxygen atoms in total. The molecule has 2 rings (SSSR count). The Balaban J connectivity index is 2.00. The summed E-state index contributed by atoms with van der Waals surface area (Å²) >= 11 is 1.24. The molecule has 1 aromatic heterocycles. The van der Waals surface area contributed by atoms with Crippen LogP contribution in [0.5, 0.6) is 11.5 Å². The molecule has 0 unspecified atom stereocenters. The molecule has 1 N–H and O–H groups in total. The van der Waals surface area contributed by atoms with Crippen LogP contribution < -0.4 is 14.8 Å². The molecule has 0 spiro atoms. The van der Waals surface area contributed by atoms with Crippen LogP contribution in [0.3, 0.4) is 0 Å². The fourth-order valence-corrected chi connectivity index (χ4v) is 2.65. The van der Waals surface area contributed by atoms with E-state index in [1.165, 1.54) is 24.5 Å². The number of carbonyl (C=O) groups excluding carboxylic acids is 2. The third-order valence-electron chi connectivity index (χ3n) is 3.19. The van der Waals surface area contributed by atoms with Crippen molar-refractivity contribution in [3.8, 4) is 11.5 Å². The first-order chi connectivity index (χ1) is 12.0. The molecular weight excluding hydrogens is 344 g/mol. The van der Waals surface area contributed by atoms with Crippen molar-refractivity contribution in [2.75, 3.05) is 26.6 Å². The number of ether oxygens (including phenoxy) is 3. The van der Waals surface area contributed by atoms with Gasteiger partial charge in [0, 0.05) is 23.1 Å². The maximum atomic E-state index is 12.0. The number of amides is 1. The van der Waals surface area contributed by atoms with Gasteiger partial charge in [0.15, 0.2) is 5.13 Å². The molecule has 1 amide bonds. The normalized spacial score (nSPS) is 10.5. The fraction of sp³-hybridized carbons (Fsp3) is 0.235. The molecule has 2 aromatic rings. The number of methoxy groups -OCH3 is 3. The van der Waals surface area contributed by atoms with E-state index >= 15 is 0 Å². The lowest BCUT2D eigenvalue weighted by molar-refractivity contribution is -0.139. The van der Waals surface area contributed by atoms with Crippen molar-refractivity contribution in [1.29, 1.82) is 0 Å². The molecule has 1 aromatic carbocycles. The minimum atomic E-state index is -0.380. The summed E-state index contributed by atoms with van der Waals surface area (Å²) in [5, 5.41) is 4.76. The van der Waals surface area contributed by atoms with Gasteiger partial charge in [-0.05, 0) is 18.2 Å². The molecule has 0 radical (unpaired) electrons. The van der Waals surface area contributed by atoms with Crippen LogP contribution in [-0.4, -0.2) is 38.2 Å². The van der Waals surface area contributed by atoms with E-state index in [-0.39, 0.29) is 18.3 Å². The summed E-state index contributed by atoms with van der Waals surface area (Å²) in [5.41, 5.74) is 1.29. The van der Waals surface area contributed by atoms with Crippen molar-refractivity contribution in [2.24, 2.45) is 0 Å². The molecule has 1 heterocycles. The lowest BCUT2D eigenvalue weighted by Gasteiger charge is -2.07. The number of thiazole rings is 1. The molecule has 0 aliphatic carbocycles. The molecule has 0 aliphatic rings. The van der Waals surface area contributed by atoms with Crippen LogP contribution in [0.2, 0.25) is 0 Å². The van der Waals surface area contributed by atoms with Crippen LogP contribution in [-0.2, 0) is 20.7 Å². The average molecular weight is 362 g/mol. The number of rotatable bonds is 7. The Labute approximate surface area is 149 Å². The number of hydrogen-bond donors (Lipinski definition) is 1. The number of aromatic nitrogens is 1. The quantitative estimate of drug-likeness (QED) is 0.602. The topological polar surface area (TPSA) is 86.8 Å². The van der Waals surface area contributed by atoms with Crippen molar-refractivity contribution in [2.45, 2.75) is 6.42 Å². The Bertz CT molecular complexity index is 785. The molecule has 8 heteroatoms. The lowest BCUT2D eigenvalue weighted by atomic mass is 10.1. The highest BCUT2D eigenvalue weighted by Gasteiger charge is 2.09. The first kappa shape index (κ1) is 18.5. The Kier molecular flexibility index (Phi) is 6.53. The zero-order valence-electron chi connectivity index (χ0n) is 14.1. The second-order valence-corrected chi connectivity index (χ2v) is 5.69. The van der Waals surface area contributed by atoms with Crippen LogP contribution >= 0.6 is 11.3 Å². The molecule has 0 atom stereocenters. The zero-order valence-corrected chi connectivity index (χ0v) is 14.9. The van der Waals surface area contributed by atoms with Crippen molar-refractivity contribution >= 4 is 34.4 Å². The third kappa shape index (κ3) is 5.32. The van der Waals surface area contributed by atoms with Crippen LogP contribution in [0.4, 0.5) is 5.13 Å². The summed E-state index contributed by atoms with van der Waals surface area (Å²) in [5.74, 6) is 0.545. The molecule has 132 valence electrons. The minimum Gasteiger partial charge on any atom is -0.497 e. The van der Waals surface area contributed by atoms with Gasteiger partial charge in [0.25, 0.3) is 0 Å². The van der Waals surface area contributed by atoms with E-state index < -0.39 is 0 Å². The van der Waals surface area contributed by atoms with Gasteiger partial charge in [-0.1, -0.05) is 0 Å². The van der Waals surface area contributed by atoms with E-state index in [1.807, 2.05) is 0 Å². The van der Waals surface area contributed by atoms with Crippen molar-refractivity contribution in [3.63, 3.8) is 0 Å². The minimum absolute atomic E-state index is 0.0712. The van der Waals surface area contributed by atoms with Crippen LogP contribution in [0, 0.1) is 0 Å². The van der Waals surface area contributed by atoms with Gasteiger partial charge < -0.3 is 14.2 Å². The number of benzene rings is 1. The Morgan fingerprint density at radius 1 is 1.24 bits per heavy atom. The van der Waals surface area contributed by atoms with Crippen LogP contribution in [0.25, 0.3) is 6.08 Å². The van der Waals surface area contributed by atoms with E-state index in [0.29, 0.717) is 22.3 Å². The first-order valence-corrected chi connectivity index (χ1v) is 8.16. The standard InChI is InChI=1S/C17H18N2O5S/c1-22-13-6-4-11(14(9-13)23-2)5-7-15(20)19-17-18-12(10-25-17)8-16(21)24-3/h4-7,9-10H,8H2,1-3H3,(H,18,19,20)/b7-5+. The van der Waals surface area contributed by atoms with Crippen molar-refractivity contribution in [1.82, 2.24) is 4.98 Å². The predicted molar refractivity (Wildman–Crippen MR) is 95.0 cm³/mol. The van der Waals surface area contributed by atoms with Gasteiger partial charge in [0.1, 0.15) is 11.5 Å². The summed E-state index contributed by atoms with van der Waals surface area (Å²) in [4.78, 5) is 27.4. The third-order valence-corrected chi connectivity index (χ3v) is 4.00. The Morgan fingerprint density at radius 2 is 2.04 bits per heavy atom. The molecule has 25 heavy (non-hydrogen) atoms. The van der Waals surface area contributed by atoms with E-state index in [0.717, 1.165) is 5.56 Å². The number of anilines is 1. The zero-order chi connectivity index (χ0) is 18.2. The van der Waals surface area contributed by atoms with Gasteiger partial charge in [0.05, 0.1) is 33.4 Å². The van der Waals surface area contributed by atoms with E-state index in [2.05, 4.69) is 15.0 Å². The highest BCUT2D eigenvalue weighted by atomic mass is 32.1. The molecule has 0 saturated heterocycles. The maximum absolute atomic E-state index is 12.0. The SMILES string of the molecule is COC(=O)Cc1csc(NC(=O)/C=C/c2ccc(OC)cc2OC)n1. The molecule has 0 aliphatic heterocycles. The molecule has 0 fully saturated rings. The van der Waals surface area contributed by atoms with E-state index in [4.69, 9.17) is 9.47 Å². The van der Waals surface area contributed by atoms with Crippen molar-refractivity contribution < 1.29 is 23.8 Å². The number of nitrogens with one attached hydrogen (secondary N) is 1. The summed E-state index contributed by atoms with van der Waals surface area (Å²) in [6.07, 6.45) is 3.09. The fourth-order valence-electron chi connectivity index (χ4n) is 1.93. The number of carbonyl (C=O) groups is 2. The molecule has 0 bridgehead atoms. The van der Waals surface area contributed by atoms with Gasteiger partial charge in [-0.15, -0.1) is 11.3 Å². The summed E-state index contributed by atoms with van der Waals surface area (Å²) < 4.78 is 15.0. The number of nitrogens with zero attached hydrogens (tertiary/aromatic N) is 1. The molecule has 0 saturated carbocycles. The highest BCUT2D eigenvalue weighted by Crippen LogP contribution is 2.25. The summed E-state index contributed by atoms with van der Waals surface area (Å²) in [7, 11) is 4.43. The van der Waals surface area contributed by atoms with Gasteiger partial charge in [-0.25, -0.2) is 4.98 Å². The van der Waals surface area contributed by atoms with Gasteiger partial charge in [-0.3, -0.25) is 14.9 Å². The first-order valence-electron chi connectivity index (χ1n) is 7.28. The Morgan fingerprint density at radius 3 is 2.72 bits per heavy atom. The smallest absolute Gasteiger partial charge is 0.311 e. The number of esters is 1. The predicted octanol–water partition coefficient (Wildman–Crippen LogP) is 2.53. The average Bonchev–Trinajstić information content (AvgIpc) is 3.06. The van der Waals surface area contributed by atoms with Crippen molar-refractivity contribution in [3.05, 3.63) is 40.9 Å². The van der Waals surface area contributed by atoms with Gasteiger partial charge in [0.2, 0.25) is 5.91 Å². The van der Waals surface area contributed by atoms with Crippen LogP contribution in [0.1, 0.15) is 11.3 Å². The summed E-state index contributed by atoms with van der Waals surface area (Å²) in [6, 6.07) is 5.30. The second kappa shape index (κ2) is 8.84. The highest BCUT2D eigenvalue weighted by molar-refractivity contribution is 7.14. The monoisotopic (exact) mass is 362 g/mol. The summed E-state index contributed by atoms with van der Waals surface area (Å²) in [6.45, 7) is 0. The van der Waals surface area contributed by atoms with E-state index in [9.17, 15) is 9.59 Å².